The molecule has 0 unspecified atom stereocenters. The fourth-order valence-electron chi connectivity index (χ4n) is 8.96. The van der Waals surface area contributed by atoms with E-state index in [0.717, 1.165) is 51.4 Å². The molecule has 0 amide bonds. The number of carbonyl (C=O) groups excluding carboxylic acids is 2. The third-order valence-electron chi connectivity index (χ3n) is 10.8. The lowest BCUT2D eigenvalue weighted by atomic mass is 9.48. The fourth-order valence-corrected chi connectivity index (χ4v) is 8.96. The van der Waals surface area contributed by atoms with Gasteiger partial charge in [-0.2, -0.15) is 0 Å². The average Bonchev–Trinajstić information content (AvgIpc) is 3.21. The summed E-state index contributed by atoms with van der Waals surface area (Å²) < 4.78 is 11.6. The third kappa shape index (κ3) is 6.82. The minimum Gasteiger partial charge on any atom is -0.434 e. The number of ketones is 1. The molecule has 7 atom stereocenters. The molecule has 0 bridgehead atoms. The summed E-state index contributed by atoms with van der Waals surface area (Å²) in [5.74, 6) is 3.63. The van der Waals surface area contributed by atoms with E-state index in [2.05, 4.69) is 20.8 Å². The van der Waals surface area contributed by atoms with E-state index in [-0.39, 0.29) is 11.5 Å². The average molecular weight is 515 g/mol. The van der Waals surface area contributed by atoms with Crippen LogP contribution >= 0.6 is 0 Å². The highest BCUT2D eigenvalue weighted by Gasteiger charge is 2.60. The maximum absolute atomic E-state index is 12.6. The van der Waals surface area contributed by atoms with Crippen molar-refractivity contribution in [1.82, 2.24) is 0 Å². The first kappa shape index (κ1) is 28.7. The fraction of sp³-hybridized carbons (Fsp3) is 0.879. The summed E-state index contributed by atoms with van der Waals surface area (Å²) in [6.45, 7) is 7.49. The van der Waals surface area contributed by atoms with Gasteiger partial charge in [0.05, 0.1) is 6.61 Å². The van der Waals surface area contributed by atoms with E-state index in [1.165, 1.54) is 69.8 Å². The zero-order valence-electron chi connectivity index (χ0n) is 24.1. The van der Waals surface area contributed by atoms with Gasteiger partial charge in [0.25, 0.3) is 0 Å². The van der Waals surface area contributed by atoms with Gasteiger partial charge >= 0.3 is 6.16 Å². The summed E-state index contributed by atoms with van der Waals surface area (Å²) in [5.41, 5.74) is 1.50. The summed E-state index contributed by atoms with van der Waals surface area (Å²) in [4.78, 5) is 24.7. The molecule has 4 aliphatic carbocycles. The van der Waals surface area contributed by atoms with Gasteiger partial charge in [-0.3, -0.25) is 4.79 Å². The Hall–Kier alpha value is -1.32. The molecule has 0 aromatic heterocycles. The van der Waals surface area contributed by atoms with Crippen LogP contribution in [0, 0.1) is 35.0 Å². The minimum atomic E-state index is -0.447. The van der Waals surface area contributed by atoms with E-state index in [9.17, 15) is 9.59 Å². The Balaban J connectivity index is 1.21. The van der Waals surface area contributed by atoms with Crippen LogP contribution in [0.3, 0.4) is 0 Å². The number of hydrogen-bond donors (Lipinski definition) is 0. The Bertz CT molecular complexity index is 787. The van der Waals surface area contributed by atoms with Crippen LogP contribution in [0.5, 0.6) is 0 Å². The molecule has 0 N–H and O–H groups in total. The molecule has 0 spiro atoms. The van der Waals surface area contributed by atoms with Crippen molar-refractivity contribution in [1.29, 1.82) is 0 Å². The highest BCUT2D eigenvalue weighted by Crippen LogP contribution is 2.64. The highest BCUT2D eigenvalue weighted by molar-refractivity contribution is 5.91. The largest absolute Gasteiger partial charge is 0.508 e. The molecule has 4 aliphatic rings. The second kappa shape index (κ2) is 13.7. The van der Waals surface area contributed by atoms with Crippen molar-refractivity contribution in [3.8, 4) is 0 Å². The van der Waals surface area contributed by atoms with Crippen molar-refractivity contribution < 1.29 is 19.1 Å². The van der Waals surface area contributed by atoms with Crippen molar-refractivity contribution in [3.05, 3.63) is 11.6 Å². The van der Waals surface area contributed by atoms with Crippen LogP contribution in [0.2, 0.25) is 0 Å². The quantitative estimate of drug-likeness (QED) is 0.181. The number of ether oxygens (including phenoxy) is 2. The van der Waals surface area contributed by atoms with Crippen LogP contribution in [0.4, 0.5) is 4.79 Å². The maximum atomic E-state index is 12.6. The van der Waals surface area contributed by atoms with Crippen LogP contribution in [0.1, 0.15) is 136 Å². The van der Waals surface area contributed by atoms with Gasteiger partial charge < -0.3 is 9.47 Å². The monoisotopic (exact) mass is 514 g/mol. The molecule has 0 aromatic carbocycles. The van der Waals surface area contributed by atoms with Gasteiger partial charge in [-0.15, -0.1) is 0 Å². The van der Waals surface area contributed by atoms with Gasteiger partial charge in [0.2, 0.25) is 0 Å². The molecular weight excluding hydrogens is 460 g/mol. The van der Waals surface area contributed by atoms with Crippen molar-refractivity contribution in [3.63, 3.8) is 0 Å². The van der Waals surface area contributed by atoms with Crippen molar-refractivity contribution in [2.45, 2.75) is 142 Å². The smallest absolute Gasteiger partial charge is 0.434 e. The first-order valence-corrected chi connectivity index (χ1v) is 16.0. The van der Waals surface area contributed by atoms with Crippen LogP contribution in [-0.4, -0.2) is 24.6 Å². The third-order valence-corrected chi connectivity index (χ3v) is 10.8. The topological polar surface area (TPSA) is 52.6 Å². The lowest BCUT2D eigenvalue weighted by Gasteiger charge is -2.57. The molecule has 3 fully saturated rings. The van der Waals surface area contributed by atoms with Gasteiger partial charge in [0, 0.05) is 11.8 Å². The molecule has 0 radical (unpaired) electrons. The second-order valence-corrected chi connectivity index (χ2v) is 13.1. The first-order valence-electron chi connectivity index (χ1n) is 16.0. The zero-order chi connectivity index (χ0) is 26.3. The maximum Gasteiger partial charge on any atom is 0.508 e. The summed E-state index contributed by atoms with van der Waals surface area (Å²) >= 11 is 0. The molecule has 210 valence electrons. The summed E-state index contributed by atoms with van der Waals surface area (Å²) in [7, 11) is 0. The molecule has 0 aromatic rings. The molecule has 37 heavy (non-hydrogen) atoms. The Morgan fingerprint density at radius 3 is 2.32 bits per heavy atom. The van der Waals surface area contributed by atoms with Crippen LogP contribution < -0.4 is 0 Å². The molecule has 3 saturated carbocycles. The van der Waals surface area contributed by atoms with Crippen LogP contribution in [0.25, 0.3) is 0 Å². The minimum absolute atomic E-state index is 0.0161. The lowest BCUT2D eigenvalue weighted by molar-refractivity contribution is -0.117. The first-order chi connectivity index (χ1) is 18.0. The Kier molecular flexibility index (Phi) is 10.6. The number of hydrogen-bond acceptors (Lipinski definition) is 4. The molecule has 0 aliphatic heterocycles. The van der Waals surface area contributed by atoms with Crippen molar-refractivity contribution in [2.75, 3.05) is 6.61 Å². The zero-order valence-corrected chi connectivity index (χ0v) is 24.1. The van der Waals surface area contributed by atoms with E-state index in [1.807, 2.05) is 6.08 Å². The molecule has 0 heterocycles. The Morgan fingerprint density at radius 2 is 1.62 bits per heavy atom. The standard InChI is InChI=1S/C33H54O4/c1-4-6-7-8-9-10-11-12-13-14-21-36-32(35)37-30-20-19-29-28-17-15-25-22-26(34)16-18-27(25)31(28)24(5-2)23-33(29,30)3/h22,24,27-31H,4-21,23H2,1-3H3/t24-,27-,28-,29-,30-,31+,33-/m0/s1. The normalized spacial score (nSPS) is 34.8. The summed E-state index contributed by atoms with van der Waals surface area (Å²) in [5, 5.41) is 0. The van der Waals surface area contributed by atoms with Crippen LogP contribution in [0.15, 0.2) is 11.6 Å². The summed E-state index contributed by atoms with van der Waals surface area (Å²) in [6.07, 6.45) is 22.8. The van der Waals surface area contributed by atoms with Gasteiger partial charge in [0.1, 0.15) is 6.10 Å². The number of rotatable bonds is 13. The Labute approximate surface area is 226 Å². The summed E-state index contributed by atoms with van der Waals surface area (Å²) in [6, 6.07) is 0. The van der Waals surface area contributed by atoms with Crippen LogP contribution in [-0.2, 0) is 14.3 Å². The molecule has 4 rings (SSSR count). The molecule has 4 heteroatoms. The van der Waals surface area contributed by atoms with Crippen molar-refractivity contribution >= 4 is 11.9 Å². The Morgan fingerprint density at radius 1 is 0.919 bits per heavy atom. The lowest BCUT2D eigenvalue weighted by Crippen LogP contribution is -2.52. The van der Waals surface area contributed by atoms with E-state index >= 15 is 0 Å². The molecular formula is C33H54O4. The number of unbranched alkanes of at least 4 members (excludes halogenated alkanes) is 9. The predicted octanol–water partition coefficient (Wildman–Crippen LogP) is 9.21. The number of fused-ring (bicyclic) bond motifs is 5. The van der Waals surface area contributed by atoms with E-state index in [4.69, 9.17) is 9.47 Å². The van der Waals surface area contributed by atoms with E-state index < -0.39 is 6.16 Å². The number of allylic oxidation sites excluding steroid dienone is 1. The van der Waals surface area contributed by atoms with Crippen molar-refractivity contribution in [2.24, 2.45) is 35.0 Å². The van der Waals surface area contributed by atoms with Gasteiger partial charge in [-0.25, -0.2) is 4.79 Å². The second-order valence-electron chi connectivity index (χ2n) is 13.1. The highest BCUT2D eigenvalue weighted by atomic mass is 16.7. The van der Waals surface area contributed by atoms with Gasteiger partial charge in [-0.1, -0.05) is 90.6 Å². The SMILES string of the molecule is CCCCCCCCCCCCOC(=O)O[C@H]1CC[C@H]2[C@@H]3CCC4=CC(=O)CC[C@@H]4[C@H]3[C@@H](CC)C[C@]12C. The van der Waals surface area contributed by atoms with Gasteiger partial charge in [-0.05, 0) is 80.6 Å². The van der Waals surface area contributed by atoms with E-state index in [1.54, 1.807) is 0 Å². The number of carbonyl (C=O) groups is 2. The predicted molar refractivity (Wildman–Crippen MR) is 149 cm³/mol. The van der Waals surface area contributed by atoms with Gasteiger partial charge in [0.15, 0.2) is 5.78 Å². The van der Waals surface area contributed by atoms with E-state index in [0.29, 0.717) is 42.0 Å². The molecule has 0 saturated heterocycles. The molecule has 4 nitrogen and oxygen atoms in total.